The highest BCUT2D eigenvalue weighted by atomic mass is 35.5. The van der Waals surface area contributed by atoms with Gasteiger partial charge in [-0.1, -0.05) is 36.4 Å². The Balaban J connectivity index is 1.53. The number of hydrogen-bond donors (Lipinski definition) is 2. The number of carbonyl (C=O) groups is 1. The van der Waals surface area contributed by atoms with Crippen LogP contribution in [0.3, 0.4) is 0 Å². The lowest BCUT2D eigenvalue weighted by atomic mass is 10.0. The molecule has 0 saturated heterocycles. The molecule has 2 N–H and O–H groups in total. The second kappa shape index (κ2) is 11.6. The van der Waals surface area contributed by atoms with E-state index in [-0.39, 0.29) is 5.91 Å². The Hall–Kier alpha value is -4.08. The molecular weight excluding hydrogens is 526 g/mol. The van der Waals surface area contributed by atoms with Crippen molar-refractivity contribution in [1.82, 2.24) is 19.4 Å². The third-order valence-electron chi connectivity index (χ3n) is 7.13. The molecule has 1 amide bonds. The van der Waals surface area contributed by atoms with E-state index >= 15 is 0 Å². The number of carbonyl (C=O) groups excluding carboxylic acids is 1. The number of para-hydroxylation sites is 1. The highest BCUT2D eigenvalue weighted by Crippen LogP contribution is 2.40. The van der Waals surface area contributed by atoms with Crippen LogP contribution in [0, 0.1) is 0 Å². The zero-order valence-corrected chi connectivity index (χ0v) is 24.0. The summed E-state index contributed by atoms with van der Waals surface area (Å²) < 4.78 is 8.03. The second-order valence-corrected chi connectivity index (χ2v) is 10.6. The third-order valence-corrected chi connectivity index (χ3v) is 7.40. The Morgan fingerprint density at radius 2 is 2.05 bits per heavy atom. The van der Waals surface area contributed by atoms with Gasteiger partial charge in [-0.05, 0) is 44.6 Å². The first-order chi connectivity index (χ1) is 19.3. The van der Waals surface area contributed by atoms with E-state index in [0.29, 0.717) is 33.8 Å². The summed E-state index contributed by atoms with van der Waals surface area (Å²) in [7, 11) is 7.62. The molecule has 2 aromatic carbocycles. The van der Waals surface area contributed by atoms with Crippen molar-refractivity contribution in [1.29, 1.82) is 0 Å². The number of likely N-dealkylation sites (N-methyl/N-ethyl adjacent to an activating group) is 2. The van der Waals surface area contributed by atoms with Crippen LogP contribution in [0.15, 0.2) is 55.4 Å². The van der Waals surface area contributed by atoms with Crippen LogP contribution >= 0.6 is 11.6 Å². The fraction of sp³-hybridized carbons (Fsp3) is 0.300. The summed E-state index contributed by atoms with van der Waals surface area (Å²) >= 11 is 6.65. The molecule has 0 spiro atoms. The SMILES string of the molecule is C=CC(=O)Nc1cc(Nc2ncc(Cl)c(-c3cn4c5c(cccc35)CCC4)n2)c(OC)cc1N(C)CCN(C)C. The number of anilines is 4. The molecule has 1 aliphatic heterocycles. The molecule has 0 saturated carbocycles. The zero-order chi connectivity index (χ0) is 28.4. The van der Waals surface area contributed by atoms with Gasteiger partial charge in [-0.15, -0.1) is 0 Å². The maximum absolute atomic E-state index is 12.3. The van der Waals surface area contributed by atoms with Gasteiger partial charge in [-0.25, -0.2) is 9.97 Å². The molecule has 3 heterocycles. The number of halogens is 1. The molecular formula is C30H34ClN7O2. The minimum absolute atomic E-state index is 0.309. The predicted octanol–water partition coefficient (Wildman–Crippen LogP) is 5.57. The van der Waals surface area contributed by atoms with Crippen molar-refractivity contribution >= 4 is 51.4 Å². The lowest BCUT2D eigenvalue weighted by Gasteiger charge is -2.26. The van der Waals surface area contributed by atoms with Gasteiger partial charge in [-0.2, -0.15) is 0 Å². The normalized spacial score (nSPS) is 12.4. The molecule has 0 unspecified atom stereocenters. The van der Waals surface area contributed by atoms with Gasteiger partial charge in [-0.3, -0.25) is 4.79 Å². The number of hydrogen-bond acceptors (Lipinski definition) is 7. The van der Waals surface area contributed by atoms with E-state index in [0.717, 1.165) is 49.1 Å². The summed E-state index contributed by atoms with van der Waals surface area (Å²) in [6.07, 6.45) is 7.15. The number of ether oxygens (including phenoxy) is 1. The van der Waals surface area contributed by atoms with Crippen LogP contribution in [-0.2, 0) is 17.8 Å². The summed E-state index contributed by atoms with van der Waals surface area (Å²) in [5.74, 6) is 0.631. The molecule has 1 aliphatic rings. The Morgan fingerprint density at radius 3 is 2.80 bits per heavy atom. The molecule has 0 fully saturated rings. The van der Waals surface area contributed by atoms with Gasteiger partial charge in [0.05, 0.1) is 46.6 Å². The fourth-order valence-electron chi connectivity index (χ4n) is 5.09. The van der Waals surface area contributed by atoms with Crippen molar-refractivity contribution < 1.29 is 9.53 Å². The van der Waals surface area contributed by atoms with E-state index in [1.165, 1.54) is 17.2 Å². The van der Waals surface area contributed by atoms with Crippen molar-refractivity contribution in [3.05, 3.63) is 66.0 Å². The van der Waals surface area contributed by atoms with Gasteiger partial charge in [0.15, 0.2) is 0 Å². The van der Waals surface area contributed by atoms with Crippen LogP contribution in [0.1, 0.15) is 12.0 Å². The van der Waals surface area contributed by atoms with Crippen LogP contribution in [0.25, 0.3) is 22.2 Å². The van der Waals surface area contributed by atoms with Crippen LogP contribution in [0.2, 0.25) is 5.02 Å². The number of nitrogens with one attached hydrogen (secondary N) is 2. The number of methoxy groups -OCH3 is 1. The van der Waals surface area contributed by atoms with E-state index < -0.39 is 0 Å². The molecule has 0 bridgehead atoms. The number of benzene rings is 2. The fourth-order valence-corrected chi connectivity index (χ4v) is 5.28. The van der Waals surface area contributed by atoms with Gasteiger partial charge >= 0.3 is 0 Å². The first-order valence-corrected chi connectivity index (χ1v) is 13.6. The second-order valence-electron chi connectivity index (χ2n) is 10.2. The number of amides is 1. The average Bonchev–Trinajstić information content (AvgIpc) is 3.33. The van der Waals surface area contributed by atoms with Crippen molar-refractivity contribution in [3.8, 4) is 17.0 Å². The molecule has 4 aromatic rings. The summed E-state index contributed by atoms with van der Waals surface area (Å²) in [5.41, 5.74) is 6.23. The van der Waals surface area contributed by atoms with Crippen LogP contribution in [0.5, 0.6) is 5.75 Å². The van der Waals surface area contributed by atoms with E-state index in [1.54, 1.807) is 13.3 Å². The quantitative estimate of drug-likeness (QED) is 0.245. The van der Waals surface area contributed by atoms with E-state index in [4.69, 9.17) is 21.3 Å². The smallest absolute Gasteiger partial charge is 0.247 e. The van der Waals surface area contributed by atoms with E-state index in [9.17, 15) is 4.79 Å². The topological polar surface area (TPSA) is 87.5 Å². The van der Waals surface area contributed by atoms with Gasteiger partial charge < -0.3 is 29.7 Å². The van der Waals surface area contributed by atoms with Gasteiger partial charge in [0, 0.05) is 49.9 Å². The molecule has 40 heavy (non-hydrogen) atoms. The van der Waals surface area contributed by atoms with Gasteiger partial charge in [0.2, 0.25) is 11.9 Å². The maximum Gasteiger partial charge on any atom is 0.247 e. The van der Waals surface area contributed by atoms with E-state index in [2.05, 4.69) is 61.0 Å². The van der Waals surface area contributed by atoms with Crippen molar-refractivity contribution in [2.45, 2.75) is 19.4 Å². The number of aryl methyl sites for hydroxylation is 2. The van der Waals surface area contributed by atoms with E-state index in [1.807, 2.05) is 33.3 Å². The Kier molecular flexibility index (Phi) is 7.95. The summed E-state index contributed by atoms with van der Waals surface area (Å²) in [5, 5.41) is 7.80. The van der Waals surface area contributed by atoms with Crippen LogP contribution < -0.4 is 20.3 Å². The Labute approximate surface area is 239 Å². The Bertz CT molecular complexity index is 1580. The van der Waals surface area contributed by atoms with Crippen LogP contribution in [-0.4, -0.2) is 66.7 Å². The first kappa shape index (κ1) is 27.5. The Morgan fingerprint density at radius 1 is 1.23 bits per heavy atom. The molecule has 5 rings (SSSR count). The van der Waals surface area contributed by atoms with Crippen molar-refractivity contribution in [2.24, 2.45) is 0 Å². The minimum Gasteiger partial charge on any atom is -0.494 e. The predicted molar refractivity (Wildman–Crippen MR) is 163 cm³/mol. The minimum atomic E-state index is -0.309. The molecule has 0 radical (unpaired) electrons. The van der Waals surface area contributed by atoms with Crippen molar-refractivity contribution in [2.75, 3.05) is 56.9 Å². The molecule has 10 heteroatoms. The molecule has 0 aliphatic carbocycles. The summed E-state index contributed by atoms with van der Waals surface area (Å²) in [6, 6.07) is 10.1. The van der Waals surface area contributed by atoms with Crippen molar-refractivity contribution in [3.63, 3.8) is 0 Å². The number of rotatable bonds is 10. The molecule has 0 atom stereocenters. The lowest BCUT2D eigenvalue weighted by molar-refractivity contribution is -0.111. The van der Waals surface area contributed by atoms with Gasteiger partial charge in [0.1, 0.15) is 5.75 Å². The maximum atomic E-state index is 12.3. The van der Waals surface area contributed by atoms with Crippen LogP contribution in [0.4, 0.5) is 23.0 Å². The highest BCUT2D eigenvalue weighted by Gasteiger charge is 2.21. The lowest BCUT2D eigenvalue weighted by Crippen LogP contribution is -2.29. The highest BCUT2D eigenvalue weighted by molar-refractivity contribution is 6.33. The number of aromatic nitrogens is 3. The monoisotopic (exact) mass is 559 g/mol. The molecule has 9 nitrogen and oxygen atoms in total. The van der Waals surface area contributed by atoms with Gasteiger partial charge in [0.25, 0.3) is 0 Å². The molecule has 208 valence electrons. The third kappa shape index (κ3) is 5.48. The average molecular weight is 560 g/mol. The largest absolute Gasteiger partial charge is 0.494 e. The standard InChI is InChI=1S/C30H34ClN7O2/c1-6-27(39)33-23-15-24(26(40-5)16-25(23)37(4)14-13-36(2)3)34-30-32-17-22(31)28(35-30)21-18-38-12-8-10-19-9-7-11-20(21)29(19)38/h6-7,9,11,15-18H,1,8,10,12-14H2,2-5H3,(H,33,39)(H,32,34,35). The summed E-state index contributed by atoms with van der Waals surface area (Å²) in [4.78, 5) is 25.7. The molecule has 2 aromatic heterocycles. The zero-order valence-electron chi connectivity index (χ0n) is 23.3. The first-order valence-electron chi connectivity index (χ1n) is 13.2. The summed E-state index contributed by atoms with van der Waals surface area (Å²) in [6.45, 7) is 6.15. The number of nitrogens with zero attached hydrogens (tertiary/aromatic N) is 5.